The molecule has 3 aromatic rings. The maximum absolute atomic E-state index is 15.0. The number of anilines is 1. The van der Waals surface area contributed by atoms with Crippen LogP contribution in [0, 0.1) is 12.8 Å². The number of nitrogens with one attached hydrogen (secondary N) is 2. The second-order valence-corrected chi connectivity index (χ2v) is 9.15. The van der Waals surface area contributed by atoms with E-state index in [1.54, 1.807) is 17.2 Å². The molecule has 2 aliphatic heterocycles. The highest BCUT2D eigenvalue weighted by atomic mass is 19.1. The second kappa shape index (κ2) is 7.63. The first kappa shape index (κ1) is 19.8. The molecule has 0 aromatic carbocycles. The summed E-state index contributed by atoms with van der Waals surface area (Å²) in [4.78, 5) is 15.8. The van der Waals surface area contributed by atoms with E-state index in [1.807, 2.05) is 20.2 Å². The third kappa shape index (κ3) is 3.38. The number of halogens is 1. The van der Waals surface area contributed by atoms with Crippen molar-refractivity contribution in [3.8, 4) is 0 Å². The average molecular weight is 439 g/mol. The summed E-state index contributed by atoms with van der Waals surface area (Å²) in [5, 5.41) is 4.25. The molecular formula is C22H27FN8O. The third-order valence-electron chi connectivity index (χ3n) is 7.12. The molecule has 3 aromatic heterocycles. The van der Waals surface area contributed by atoms with Crippen molar-refractivity contribution in [1.82, 2.24) is 35.6 Å². The highest BCUT2D eigenvalue weighted by Gasteiger charge is 2.46. The molecule has 5 unspecified atom stereocenters. The minimum absolute atomic E-state index is 0.00284. The summed E-state index contributed by atoms with van der Waals surface area (Å²) in [6, 6.07) is 2.14. The van der Waals surface area contributed by atoms with Crippen LogP contribution in [-0.2, 0) is 20.0 Å². The van der Waals surface area contributed by atoms with E-state index in [0.29, 0.717) is 18.9 Å². The minimum atomic E-state index is -0.886. The van der Waals surface area contributed by atoms with Gasteiger partial charge in [-0.05, 0) is 24.3 Å². The molecular weight excluding hydrogens is 411 g/mol. The van der Waals surface area contributed by atoms with E-state index < -0.39 is 6.17 Å². The Morgan fingerprint density at radius 2 is 2.12 bits per heavy atom. The SMILES string of the molecule is Cc1nc2c(o1)CCN(c1cc(C3NNC4CC(F)C(c5cnn(C)c5)CC43)ncn1)C2. The first-order valence-electron chi connectivity index (χ1n) is 11.2. The van der Waals surface area contributed by atoms with Crippen LogP contribution in [0.4, 0.5) is 10.2 Å². The lowest BCUT2D eigenvalue weighted by Gasteiger charge is -2.35. The number of aryl methyl sites for hydroxylation is 2. The smallest absolute Gasteiger partial charge is 0.191 e. The number of rotatable bonds is 3. The van der Waals surface area contributed by atoms with Crippen LogP contribution in [0.3, 0.4) is 0 Å². The Morgan fingerprint density at radius 1 is 1.22 bits per heavy atom. The summed E-state index contributed by atoms with van der Waals surface area (Å²) in [5.74, 6) is 2.66. The van der Waals surface area contributed by atoms with Gasteiger partial charge in [-0.3, -0.25) is 10.1 Å². The highest BCUT2D eigenvalue weighted by Crippen LogP contribution is 2.45. The molecule has 168 valence electrons. The van der Waals surface area contributed by atoms with Gasteiger partial charge in [0.1, 0.15) is 29.8 Å². The molecule has 1 saturated carbocycles. The highest BCUT2D eigenvalue weighted by molar-refractivity contribution is 5.42. The Hall–Kier alpha value is -2.85. The number of fused-ring (bicyclic) bond motifs is 2. The standard InChI is InChI=1S/C22H27FN8O/c1-12-27-19-10-31(4-3-20(19)32-12)21-7-18(24-11-25-21)22-15-5-14(13-8-26-30(2)9-13)16(23)6-17(15)28-29-22/h7-9,11,14-17,22,28-29H,3-6,10H2,1-2H3. The van der Waals surface area contributed by atoms with Crippen LogP contribution in [0.1, 0.15) is 53.4 Å². The summed E-state index contributed by atoms with van der Waals surface area (Å²) in [6.45, 7) is 3.39. The summed E-state index contributed by atoms with van der Waals surface area (Å²) in [5.41, 5.74) is 9.59. The Kier molecular flexibility index (Phi) is 4.72. The molecule has 6 rings (SSSR count). The van der Waals surface area contributed by atoms with E-state index in [4.69, 9.17) is 4.42 Å². The predicted octanol–water partition coefficient (Wildman–Crippen LogP) is 2.12. The number of hydrogen-bond acceptors (Lipinski definition) is 8. The van der Waals surface area contributed by atoms with Crippen LogP contribution in [0.5, 0.6) is 0 Å². The number of oxazole rings is 1. The number of nitrogens with zero attached hydrogens (tertiary/aromatic N) is 6. The van der Waals surface area contributed by atoms with Crippen molar-refractivity contribution in [3.63, 3.8) is 0 Å². The van der Waals surface area contributed by atoms with Crippen molar-refractivity contribution < 1.29 is 8.81 Å². The maximum Gasteiger partial charge on any atom is 0.191 e. The molecule has 32 heavy (non-hydrogen) atoms. The molecule has 5 heterocycles. The fraction of sp³-hybridized carbons (Fsp3) is 0.545. The lowest BCUT2D eigenvalue weighted by molar-refractivity contribution is 0.153. The lowest BCUT2D eigenvalue weighted by Crippen LogP contribution is -2.39. The van der Waals surface area contributed by atoms with Crippen molar-refractivity contribution in [2.75, 3.05) is 11.4 Å². The van der Waals surface area contributed by atoms with Crippen LogP contribution < -0.4 is 15.8 Å². The van der Waals surface area contributed by atoms with Gasteiger partial charge in [0.15, 0.2) is 5.89 Å². The fourth-order valence-corrected chi connectivity index (χ4v) is 5.52. The van der Waals surface area contributed by atoms with Gasteiger partial charge < -0.3 is 9.32 Å². The Morgan fingerprint density at radius 3 is 2.97 bits per heavy atom. The molecule has 1 aliphatic carbocycles. The van der Waals surface area contributed by atoms with Crippen LogP contribution >= 0.6 is 0 Å². The minimum Gasteiger partial charge on any atom is -0.446 e. The maximum atomic E-state index is 15.0. The molecule has 0 bridgehead atoms. The zero-order valence-electron chi connectivity index (χ0n) is 18.2. The van der Waals surface area contributed by atoms with Crippen LogP contribution in [0.2, 0.25) is 0 Å². The molecule has 0 spiro atoms. The molecule has 3 aliphatic rings. The van der Waals surface area contributed by atoms with Crippen molar-refractivity contribution in [1.29, 1.82) is 0 Å². The second-order valence-electron chi connectivity index (χ2n) is 9.15. The van der Waals surface area contributed by atoms with Gasteiger partial charge in [0, 0.05) is 51.2 Å². The fourth-order valence-electron chi connectivity index (χ4n) is 5.52. The van der Waals surface area contributed by atoms with Gasteiger partial charge in [-0.15, -0.1) is 0 Å². The van der Waals surface area contributed by atoms with Crippen LogP contribution in [0.25, 0.3) is 0 Å². The predicted molar refractivity (Wildman–Crippen MR) is 114 cm³/mol. The quantitative estimate of drug-likeness (QED) is 0.642. The van der Waals surface area contributed by atoms with E-state index in [9.17, 15) is 4.39 Å². The van der Waals surface area contributed by atoms with Gasteiger partial charge >= 0.3 is 0 Å². The first-order chi connectivity index (χ1) is 15.5. The summed E-state index contributed by atoms with van der Waals surface area (Å²) >= 11 is 0. The van der Waals surface area contributed by atoms with E-state index >= 15 is 0 Å². The van der Waals surface area contributed by atoms with Crippen LogP contribution in [0.15, 0.2) is 29.2 Å². The third-order valence-corrected chi connectivity index (χ3v) is 7.12. The molecule has 9 nitrogen and oxygen atoms in total. The zero-order chi connectivity index (χ0) is 21.8. The normalized spacial score (nSPS) is 29.7. The van der Waals surface area contributed by atoms with E-state index in [1.165, 1.54) is 0 Å². The van der Waals surface area contributed by atoms with Crippen molar-refractivity contribution >= 4 is 5.82 Å². The van der Waals surface area contributed by atoms with Crippen molar-refractivity contribution in [2.45, 2.75) is 56.9 Å². The molecule has 1 saturated heterocycles. The zero-order valence-corrected chi connectivity index (χ0v) is 18.2. The topological polar surface area (TPSA) is 96.9 Å². The van der Waals surface area contributed by atoms with Gasteiger partial charge in [0.25, 0.3) is 0 Å². The number of aromatic nitrogens is 5. The monoisotopic (exact) mass is 438 g/mol. The first-order valence-corrected chi connectivity index (χ1v) is 11.2. The number of alkyl halides is 1. The summed E-state index contributed by atoms with van der Waals surface area (Å²) < 4.78 is 22.4. The van der Waals surface area contributed by atoms with Gasteiger partial charge in [-0.2, -0.15) is 5.10 Å². The Balaban J connectivity index is 1.23. The molecule has 2 fully saturated rings. The van der Waals surface area contributed by atoms with Gasteiger partial charge in [-0.25, -0.2) is 24.8 Å². The molecule has 10 heteroatoms. The van der Waals surface area contributed by atoms with Crippen LogP contribution in [-0.4, -0.2) is 43.5 Å². The van der Waals surface area contributed by atoms with E-state index in [0.717, 1.165) is 47.9 Å². The van der Waals surface area contributed by atoms with Gasteiger partial charge in [0.05, 0.1) is 24.5 Å². The molecule has 0 amide bonds. The van der Waals surface area contributed by atoms with Gasteiger partial charge in [0.2, 0.25) is 0 Å². The Labute approximate surface area is 185 Å². The lowest BCUT2D eigenvalue weighted by atomic mass is 9.72. The van der Waals surface area contributed by atoms with E-state index in [2.05, 4.69) is 41.9 Å². The van der Waals surface area contributed by atoms with E-state index in [-0.39, 0.29) is 23.9 Å². The van der Waals surface area contributed by atoms with Gasteiger partial charge in [-0.1, -0.05) is 0 Å². The average Bonchev–Trinajstić information content (AvgIpc) is 3.49. The summed E-state index contributed by atoms with van der Waals surface area (Å²) in [7, 11) is 1.87. The summed E-state index contributed by atoms with van der Waals surface area (Å²) in [6.07, 6.45) is 6.50. The largest absolute Gasteiger partial charge is 0.446 e. The molecule has 5 atom stereocenters. The number of hydrogen-bond donors (Lipinski definition) is 2. The van der Waals surface area contributed by atoms with Crippen molar-refractivity contribution in [3.05, 3.63) is 53.4 Å². The Bertz CT molecular complexity index is 1130. The number of hydrazine groups is 1. The van der Waals surface area contributed by atoms with Crippen molar-refractivity contribution in [2.24, 2.45) is 13.0 Å². The molecule has 0 radical (unpaired) electrons. The molecule has 2 N–H and O–H groups in total.